The highest BCUT2D eigenvalue weighted by molar-refractivity contribution is 7.99. The molecule has 17 heavy (non-hydrogen) atoms. The van der Waals surface area contributed by atoms with Gasteiger partial charge in [-0.2, -0.15) is 11.8 Å². The van der Waals surface area contributed by atoms with Gasteiger partial charge in [-0.15, -0.1) is 0 Å². The number of halogens is 1. The fraction of sp³-hybridized carbons (Fsp3) is 0.417. The van der Waals surface area contributed by atoms with Crippen molar-refractivity contribution in [2.24, 2.45) is 0 Å². The summed E-state index contributed by atoms with van der Waals surface area (Å²) < 4.78 is 12.7. The van der Waals surface area contributed by atoms with Gasteiger partial charge in [0.15, 0.2) is 0 Å². The average Bonchev–Trinajstić information content (AvgIpc) is 2.30. The van der Waals surface area contributed by atoms with Crippen molar-refractivity contribution >= 4 is 23.4 Å². The Bertz CT molecular complexity index is 356. The van der Waals surface area contributed by atoms with Crippen LogP contribution in [0.4, 0.5) is 10.1 Å². The third kappa shape index (κ3) is 5.08. The summed E-state index contributed by atoms with van der Waals surface area (Å²) in [5, 5.41) is 11.9. The first-order valence-corrected chi connectivity index (χ1v) is 6.61. The quantitative estimate of drug-likeness (QED) is 0.737. The van der Waals surface area contributed by atoms with Crippen molar-refractivity contribution in [3.05, 3.63) is 30.1 Å². The number of hydrogen-bond donors (Lipinski definition) is 2. The number of nitrogens with one attached hydrogen (secondary N) is 1. The molecule has 1 rings (SSSR count). The van der Waals surface area contributed by atoms with E-state index >= 15 is 0 Å². The molecule has 0 fully saturated rings. The van der Waals surface area contributed by atoms with Crippen LogP contribution in [-0.2, 0) is 4.79 Å². The molecule has 5 heteroatoms. The number of rotatable bonds is 7. The highest BCUT2D eigenvalue weighted by atomic mass is 32.2. The van der Waals surface area contributed by atoms with E-state index < -0.39 is 12.0 Å². The summed E-state index contributed by atoms with van der Waals surface area (Å²) in [6.45, 7) is 2.04. The number of thioether (sulfide) groups is 1. The van der Waals surface area contributed by atoms with Crippen LogP contribution in [-0.4, -0.2) is 28.6 Å². The Morgan fingerprint density at radius 3 is 2.65 bits per heavy atom. The molecular formula is C12H16FNO2S. The molecule has 1 aromatic carbocycles. The van der Waals surface area contributed by atoms with E-state index in [2.05, 4.69) is 5.32 Å². The maximum Gasteiger partial charge on any atom is 0.326 e. The second-order valence-corrected chi connectivity index (χ2v) is 4.92. The number of benzene rings is 1. The number of carbonyl (C=O) groups is 1. The molecule has 0 aliphatic heterocycles. The summed E-state index contributed by atoms with van der Waals surface area (Å²) in [5.41, 5.74) is 0.625. The molecule has 0 bridgehead atoms. The van der Waals surface area contributed by atoms with Gasteiger partial charge in [0.05, 0.1) is 0 Å². The molecule has 0 spiro atoms. The van der Waals surface area contributed by atoms with Crippen molar-refractivity contribution in [3.8, 4) is 0 Å². The molecular weight excluding hydrogens is 241 g/mol. The summed E-state index contributed by atoms with van der Waals surface area (Å²) in [7, 11) is 0. The highest BCUT2D eigenvalue weighted by Crippen LogP contribution is 2.13. The lowest BCUT2D eigenvalue weighted by atomic mass is 10.2. The van der Waals surface area contributed by atoms with Gasteiger partial charge in [-0.05, 0) is 42.2 Å². The van der Waals surface area contributed by atoms with E-state index in [1.54, 1.807) is 11.8 Å². The Balaban J connectivity index is 2.54. The maximum atomic E-state index is 12.7. The second kappa shape index (κ2) is 7.17. The Kier molecular flexibility index (Phi) is 5.83. The maximum absolute atomic E-state index is 12.7. The molecule has 0 amide bonds. The minimum absolute atomic E-state index is 0.330. The van der Waals surface area contributed by atoms with Crippen LogP contribution in [0.15, 0.2) is 24.3 Å². The summed E-state index contributed by atoms with van der Waals surface area (Å²) in [6.07, 6.45) is 0.547. The number of carboxylic acid groups (broad SMARTS) is 1. The largest absolute Gasteiger partial charge is 0.480 e. The molecule has 0 saturated heterocycles. The minimum atomic E-state index is -0.883. The van der Waals surface area contributed by atoms with Gasteiger partial charge in [0, 0.05) is 5.69 Å². The molecule has 0 saturated carbocycles. The van der Waals surface area contributed by atoms with E-state index in [1.807, 2.05) is 6.92 Å². The van der Waals surface area contributed by atoms with Gasteiger partial charge in [0.2, 0.25) is 0 Å². The van der Waals surface area contributed by atoms with E-state index in [1.165, 1.54) is 24.3 Å². The van der Waals surface area contributed by atoms with Crippen LogP contribution >= 0.6 is 11.8 Å². The number of hydrogen-bond acceptors (Lipinski definition) is 3. The summed E-state index contributed by atoms with van der Waals surface area (Å²) >= 11 is 1.70. The van der Waals surface area contributed by atoms with Gasteiger partial charge >= 0.3 is 5.97 Å². The van der Waals surface area contributed by atoms with Crippen molar-refractivity contribution in [3.63, 3.8) is 0 Å². The van der Waals surface area contributed by atoms with E-state index in [0.29, 0.717) is 12.1 Å². The molecule has 0 aliphatic carbocycles. The lowest BCUT2D eigenvalue weighted by molar-refractivity contribution is -0.137. The molecule has 0 radical (unpaired) electrons. The SMILES string of the molecule is CCSCCC(Nc1ccc(F)cc1)C(=O)O. The first-order valence-electron chi connectivity index (χ1n) is 5.46. The molecule has 1 aromatic rings. The number of anilines is 1. The standard InChI is InChI=1S/C12H16FNO2S/c1-2-17-8-7-11(12(15)16)14-10-5-3-9(13)4-6-10/h3-6,11,14H,2,7-8H2,1H3,(H,15,16). The second-order valence-electron chi connectivity index (χ2n) is 3.53. The van der Waals surface area contributed by atoms with Crippen LogP contribution in [0.5, 0.6) is 0 Å². The van der Waals surface area contributed by atoms with Crippen molar-refractivity contribution in [2.45, 2.75) is 19.4 Å². The Morgan fingerprint density at radius 2 is 2.12 bits per heavy atom. The van der Waals surface area contributed by atoms with E-state index in [0.717, 1.165) is 11.5 Å². The van der Waals surface area contributed by atoms with Gasteiger partial charge in [-0.1, -0.05) is 6.92 Å². The number of aliphatic carboxylic acids is 1. The molecule has 1 unspecified atom stereocenters. The van der Waals surface area contributed by atoms with E-state index in [9.17, 15) is 9.18 Å². The van der Waals surface area contributed by atoms with E-state index in [4.69, 9.17) is 5.11 Å². The zero-order valence-electron chi connectivity index (χ0n) is 9.65. The summed E-state index contributed by atoms with van der Waals surface area (Å²) in [6, 6.07) is 5.07. The van der Waals surface area contributed by atoms with Gasteiger partial charge in [0.1, 0.15) is 11.9 Å². The zero-order chi connectivity index (χ0) is 12.7. The van der Waals surface area contributed by atoms with Crippen molar-refractivity contribution in [2.75, 3.05) is 16.8 Å². The first kappa shape index (κ1) is 13.8. The molecule has 2 N–H and O–H groups in total. The summed E-state index contributed by atoms with van der Waals surface area (Å²) in [4.78, 5) is 11.0. The smallest absolute Gasteiger partial charge is 0.326 e. The van der Waals surface area contributed by atoms with Crippen LogP contribution in [0, 0.1) is 5.82 Å². The van der Waals surface area contributed by atoms with Gasteiger partial charge < -0.3 is 10.4 Å². The van der Waals surface area contributed by atoms with E-state index in [-0.39, 0.29) is 5.82 Å². The fourth-order valence-corrected chi connectivity index (χ4v) is 2.04. The van der Waals surface area contributed by atoms with Crippen molar-refractivity contribution in [1.82, 2.24) is 0 Å². The predicted molar refractivity (Wildman–Crippen MR) is 69.1 cm³/mol. The minimum Gasteiger partial charge on any atom is -0.480 e. The van der Waals surface area contributed by atoms with Crippen LogP contribution in [0.25, 0.3) is 0 Å². The van der Waals surface area contributed by atoms with Crippen molar-refractivity contribution in [1.29, 1.82) is 0 Å². The monoisotopic (exact) mass is 257 g/mol. The van der Waals surface area contributed by atoms with Crippen LogP contribution in [0.1, 0.15) is 13.3 Å². The number of carboxylic acids is 1. The zero-order valence-corrected chi connectivity index (χ0v) is 10.5. The van der Waals surface area contributed by atoms with Crippen LogP contribution < -0.4 is 5.32 Å². The third-order valence-corrected chi connectivity index (χ3v) is 3.17. The fourth-order valence-electron chi connectivity index (χ4n) is 1.35. The molecule has 3 nitrogen and oxygen atoms in total. The van der Waals surface area contributed by atoms with Crippen LogP contribution in [0.3, 0.4) is 0 Å². The molecule has 0 aliphatic rings. The Morgan fingerprint density at radius 1 is 1.47 bits per heavy atom. The first-order chi connectivity index (χ1) is 8.13. The van der Waals surface area contributed by atoms with Gasteiger partial charge in [0.25, 0.3) is 0 Å². The van der Waals surface area contributed by atoms with Crippen molar-refractivity contribution < 1.29 is 14.3 Å². The third-order valence-electron chi connectivity index (χ3n) is 2.24. The lowest BCUT2D eigenvalue weighted by Crippen LogP contribution is -2.29. The molecule has 0 heterocycles. The lowest BCUT2D eigenvalue weighted by Gasteiger charge is -2.15. The van der Waals surface area contributed by atoms with Crippen LogP contribution in [0.2, 0.25) is 0 Å². The average molecular weight is 257 g/mol. The molecule has 0 aromatic heterocycles. The molecule has 1 atom stereocenters. The molecule has 94 valence electrons. The highest BCUT2D eigenvalue weighted by Gasteiger charge is 2.16. The predicted octanol–water partition coefficient (Wildman–Crippen LogP) is 2.83. The van der Waals surface area contributed by atoms with Gasteiger partial charge in [-0.3, -0.25) is 0 Å². The summed E-state index contributed by atoms with van der Waals surface area (Å²) in [5.74, 6) is 0.555. The normalized spacial score (nSPS) is 12.1. The van der Waals surface area contributed by atoms with Gasteiger partial charge in [-0.25, -0.2) is 9.18 Å². The Labute approximate surface area is 104 Å². The Hall–Kier alpha value is -1.23. The topological polar surface area (TPSA) is 49.3 Å².